The number of hydrogen-bond acceptors (Lipinski definition) is 3. The van der Waals surface area contributed by atoms with Gasteiger partial charge in [0, 0.05) is 28.2 Å². The molecule has 2 heterocycles. The molecule has 0 saturated heterocycles. The molecule has 0 bridgehead atoms. The SMILES string of the molecule is CCc1cnc(-c2ccc3ncccc3c2)s1. The first-order valence-corrected chi connectivity index (χ1v) is 6.48. The highest BCUT2D eigenvalue weighted by Gasteiger charge is 2.04. The Hall–Kier alpha value is -1.74. The van der Waals surface area contributed by atoms with Crippen molar-refractivity contribution < 1.29 is 0 Å². The third-order valence-corrected chi connectivity index (χ3v) is 3.94. The van der Waals surface area contributed by atoms with Crippen LogP contribution < -0.4 is 0 Å². The maximum atomic E-state index is 4.46. The maximum absolute atomic E-state index is 4.46. The molecule has 0 aliphatic heterocycles. The molecular weight excluding hydrogens is 228 g/mol. The Labute approximate surface area is 104 Å². The average Bonchev–Trinajstić information content (AvgIpc) is 2.87. The first kappa shape index (κ1) is 10.4. The van der Waals surface area contributed by atoms with E-state index in [9.17, 15) is 0 Å². The summed E-state index contributed by atoms with van der Waals surface area (Å²) in [5.41, 5.74) is 2.21. The van der Waals surface area contributed by atoms with Gasteiger partial charge in [-0.05, 0) is 30.7 Å². The summed E-state index contributed by atoms with van der Waals surface area (Å²) in [4.78, 5) is 10.1. The van der Waals surface area contributed by atoms with Crippen molar-refractivity contribution in [2.24, 2.45) is 0 Å². The van der Waals surface area contributed by atoms with Crippen molar-refractivity contribution in [3.63, 3.8) is 0 Å². The molecule has 0 atom stereocenters. The number of aromatic nitrogens is 2. The van der Waals surface area contributed by atoms with Gasteiger partial charge in [0.2, 0.25) is 0 Å². The Morgan fingerprint density at radius 2 is 2.12 bits per heavy atom. The fourth-order valence-corrected chi connectivity index (χ4v) is 2.66. The van der Waals surface area contributed by atoms with Crippen LogP contribution in [-0.4, -0.2) is 9.97 Å². The van der Waals surface area contributed by atoms with E-state index >= 15 is 0 Å². The topological polar surface area (TPSA) is 25.8 Å². The monoisotopic (exact) mass is 240 g/mol. The lowest BCUT2D eigenvalue weighted by atomic mass is 10.1. The molecule has 0 saturated carbocycles. The van der Waals surface area contributed by atoms with Gasteiger partial charge < -0.3 is 0 Å². The summed E-state index contributed by atoms with van der Waals surface area (Å²) >= 11 is 1.76. The van der Waals surface area contributed by atoms with Crippen molar-refractivity contribution in [3.8, 4) is 10.6 Å². The van der Waals surface area contributed by atoms with Gasteiger partial charge >= 0.3 is 0 Å². The van der Waals surface area contributed by atoms with Gasteiger partial charge in [-0.1, -0.05) is 13.0 Å². The number of fused-ring (bicyclic) bond motifs is 1. The van der Waals surface area contributed by atoms with E-state index in [1.165, 1.54) is 15.8 Å². The molecule has 0 amide bonds. The van der Waals surface area contributed by atoms with Crippen LogP contribution in [0.15, 0.2) is 42.7 Å². The Morgan fingerprint density at radius 3 is 2.94 bits per heavy atom. The molecule has 0 unspecified atom stereocenters. The number of hydrogen-bond donors (Lipinski definition) is 0. The molecule has 0 N–H and O–H groups in total. The molecule has 2 nitrogen and oxygen atoms in total. The smallest absolute Gasteiger partial charge is 0.123 e. The minimum Gasteiger partial charge on any atom is -0.256 e. The Bertz CT molecular complexity index is 658. The number of benzene rings is 1. The van der Waals surface area contributed by atoms with Gasteiger partial charge in [0.25, 0.3) is 0 Å². The van der Waals surface area contributed by atoms with Gasteiger partial charge in [-0.3, -0.25) is 4.98 Å². The maximum Gasteiger partial charge on any atom is 0.123 e. The molecule has 0 fully saturated rings. The third-order valence-electron chi connectivity index (χ3n) is 2.75. The lowest BCUT2D eigenvalue weighted by Gasteiger charge is -1.99. The normalized spacial score (nSPS) is 10.9. The first-order chi connectivity index (χ1) is 8.36. The summed E-state index contributed by atoms with van der Waals surface area (Å²) < 4.78 is 0. The molecule has 3 heteroatoms. The van der Waals surface area contributed by atoms with Crippen LogP contribution in [0.2, 0.25) is 0 Å². The molecule has 1 aromatic carbocycles. The van der Waals surface area contributed by atoms with Crippen LogP contribution in [0.4, 0.5) is 0 Å². The quantitative estimate of drug-likeness (QED) is 0.678. The number of aryl methyl sites for hydroxylation is 1. The van der Waals surface area contributed by atoms with Gasteiger partial charge in [-0.25, -0.2) is 4.98 Å². The largest absolute Gasteiger partial charge is 0.256 e. The van der Waals surface area contributed by atoms with E-state index in [1.807, 2.05) is 18.5 Å². The predicted octanol–water partition coefficient (Wildman–Crippen LogP) is 3.92. The van der Waals surface area contributed by atoms with Crippen LogP contribution >= 0.6 is 11.3 Å². The Balaban J connectivity index is 2.11. The second-order valence-electron chi connectivity index (χ2n) is 3.90. The third kappa shape index (κ3) is 1.94. The van der Waals surface area contributed by atoms with Crippen LogP contribution in [0.1, 0.15) is 11.8 Å². The number of rotatable bonds is 2. The Morgan fingerprint density at radius 1 is 1.18 bits per heavy atom. The highest BCUT2D eigenvalue weighted by atomic mass is 32.1. The lowest BCUT2D eigenvalue weighted by Crippen LogP contribution is -1.79. The number of nitrogens with zero attached hydrogens (tertiary/aromatic N) is 2. The molecule has 0 spiro atoms. The van der Waals surface area contributed by atoms with Crippen LogP contribution in [0.5, 0.6) is 0 Å². The minimum atomic E-state index is 1.03. The average molecular weight is 240 g/mol. The van der Waals surface area contributed by atoms with Crippen molar-refractivity contribution in [1.29, 1.82) is 0 Å². The Kier molecular flexibility index (Phi) is 2.61. The van der Waals surface area contributed by atoms with Crippen LogP contribution in [0.25, 0.3) is 21.5 Å². The molecular formula is C14H12N2S. The van der Waals surface area contributed by atoms with Gasteiger partial charge in [-0.15, -0.1) is 11.3 Å². The van der Waals surface area contributed by atoms with Crippen LogP contribution in [0.3, 0.4) is 0 Å². The van der Waals surface area contributed by atoms with E-state index in [-0.39, 0.29) is 0 Å². The number of thiazole rings is 1. The van der Waals surface area contributed by atoms with Gasteiger partial charge in [0.15, 0.2) is 0 Å². The van der Waals surface area contributed by atoms with Crippen molar-refractivity contribution in [2.45, 2.75) is 13.3 Å². The van der Waals surface area contributed by atoms with E-state index in [4.69, 9.17) is 0 Å². The van der Waals surface area contributed by atoms with Crippen molar-refractivity contribution in [1.82, 2.24) is 9.97 Å². The zero-order chi connectivity index (χ0) is 11.7. The molecule has 0 radical (unpaired) electrons. The molecule has 0 aliphatic rings. The van der Waals surface area contributed by atoms with Crippen LogP contribution in [-0.2, 0) is 6.42 Å². The van der Waals surface area contributed by atoms with Crippen molar-refractivity contribution in [2.75, 3.05) is 0 Å². The second kappa shape index (κ2) is 4.26. The first-order valence-electron chi connectivity index (χ1n) is 5.66. The van der Waals surface area contributed by atoms with Gasteiger partial charge in [-0.2, -0.15) is 0 Å². The summed E-state index contributed by atoms with van der Waals surface area (Å²) in [5, 5.41) is 2.26. The van der Waals surface area contributed by atoms with Crippen molar-refractivity contribution in [3.05, 3.63) is 47.6 Å². The van der Waals surface area contributed by atoms with E-state index < -0.39 is 0 Å². The van der Waals surface area contributed by atoms with E-state index in [0.717, 1.165) is 16.9 Å². The zero-order valence-electron chi connectivity index (χ0n) is 9.55. The van der Waals surface area contributed by atoms with E-state index in [0.29, 0.717) is 0 Å². The molecule has 3 rings (SSSR count). The highest BCUT2D eigenvalue weighted by Crippen LogP contribution is 2.27. The predicted molar refractivity (Wildman–Crippen MR) is 72.2 cm³/mol. The zero-order valence-corrected chi connectivity index (χ0v) is 10.4. The summed E-state index contributed by atoms with van der Waals surface area (Å²) in [7, 11) is 0. The standard InChI is InChI=1S/C14H12N2S/c1-2-12-9-16-14(17-12)11-5-6-13-10(8-11)4-3-7-15-13/h3-9H,2H2,1H3. The molecule has 0 aliphatic carbocycles. The fraction of sp³-hybridized carbons (Fsp3) is 0.143. The highest BCUT2D eigenvalue weighted by molar-refractivity contribution is 7.15. The fourth-order valence-electron chi connectivity index (χ4n) is 1.81. The molecule has 3 aromatic rings. The second-order valence-corrected chi connectivity index (χ2v) is 5.01. The van der Waals surface area contributed by atoms with E-state index in [2.05, 4.69) is 41.2 Å². The van der Waals surface area contributed by atoms with Gasteiger partial charge in [0.05, 0.1) is 5.52 Å². The van der Waals surface area contributed by atoms with Crippen LogP contribution in [0, 0.1) is 0 Å². The van der Waals surface area contributed by atoms with Gasteiger partial charge in [0.1, 0.15) is 5.01 Å². The lowest BCUT2D eigenvalue weighted by molar-refractivity contribution is 1.17. The summed E-state index contributed by atoms with van der Waals surface area (Å²) in [6, 6.07) is 10.3. The summed E-state index contributed by atoms with van der Waals surface area (Å²) in [6.45, 7) is 2.15. The summed E-state index contributed by atoms with van der Waals surface area (Å²) in [5.74, 6) is 0. The molecule has 2 aromatic heterocycles. The molecule has 84 valence electrons. The van der Waals surface area contributed by atoms with Crippen molar-refractivity contribution >= 4 is 22.2 Å². The number of pyridine rings is 1. The molecule has 17 heavy (non-hydrogen) atoms. The summed E-state index contributed by atoms with van der Waals surface area (Å²) in [6.07, 6.45) is 4.83. The van der Waals surface area contributed by atoms with E-state index in [1.54, 1.807) is 11.3 Å². The minimum absolute atomic E-state index is 1.03.